The molecular weight excluding hydrogens is 288 g/mol. The Balaban J connectivity index is 2.05. The largest absolute Gasteiger partial charge is 0.348 e. The van der Waals surface area contributed by atoms with E-state index in [-0.39, 0.29) is 0 Å². The van der Waals surface area contributed by atoms with Crippen molar-refractivity contribution < 1.29 is 0 Å². The minimum Gasteiger partial charge on any atom is -0.348 e. The monoisotopic (exact) mass is 312 g/mol. The average molecular weight is 312 g/mol. The van der Waals surface area contributed by atoms with Gasteiger partial charge in [0.05, 0.1) is 0 Å². The second-order valence-electron chi connectivity index (χ2n) is 6.09. The summed E-state index contributed by atoms with van der Waals surface area (Å²) in [5.41, 5.74) is 7.43. The maximum absolute atomic E-state index is 5.53. The Kier molecular flexibility index (Phi) is 5.19. The summed E-state index contributed by atoms with van der Waals surface area (Å²) in [5.74, 6) is 0. The summed E-state index contributed by atoms with van der Waals surface area (Å²) in [6, 6.07) is 12.9. The van der Waals surface area contributed by atoms with Gasteiger partial charge in [-0.25, -0.2) is 0 Å². The van der Waals surface area contributed by atoms with Crippen LogP contribution in [-0.4, -0.2) is 17.1 Å². The molecule has 0 aliphatic heterocycles. The highest BCUT2D eigenvalue weighted by Gasteiger charge is 2.08. The molecule has 1 N–H and O–H groups in total. The van der Waals surface area contributed by atoms with Crippen LogP contribution in [0.25, 0.3) is 0 Å². The first-order chi connectivity index (χ1) is 10.3. The first kappa shape index (κ1) is 16.5. The molecule has 0 radical (unpaired) electrons. The normalized spacial score (nSPS) is 10.4. The lowest BCUT2D eigenvalue weighted by atomic mass is 10.1. The van der Waals surface area contributed by atoms with Gasteiger partial charge >= 0.3 is 0 Å². The van der Waals surface area contributed by atoms with Crippen LogP contribution in [0.2, 0.25) is 0 Å². The van der Waals surface area contributed by atoms with Crippen LogP contribution in [0.5, 0.6) is 0 Å². The minimum atomic E-state index is 0.741. The third kappa shape index (κ3) is 4.31. The van der Waals surface area contributed by atoms with Crippen LogP contribution in [0.3, 0.4) is 0 Å². The van der Waals surface area contributed by atoms with Crippen LogP contribution in [0.1, 0.15) is 27.8 Å². The zero-order valence-electron chi connectivity index (χ0n) is 14.0. The highest BCUT2D eigenvalue weighted by molar-refractivity contribution is 7.80. The summed E-state index contributed by atoms with van der Waals surface area (Å²) in [6.45, 7) is 9.27. The van der Waals surface area contributed by atoms with Crippen molar-refractivity contribution in [1.29, 1.82) is 0 Å². The molecule has 0 unspecified atom stereocenters. The van der Waals surface area contributed by atoms with Gasteiger partial charge in [-0.3, -0.25) is 0 Å². The quantitative estimate of drug-likeness (QED) is 0.823. The van der Waals surface area contributed by atoms with E-state index in [1.807, 2.05) is 7.05 Å². The molecule has 0 aliphatic carbocycles. The maximum Gasteiger partial charge on any atom is 0.173 e. The average Bonchev–Trinajstić information content (AvgIpc) is 2.40. The predicted molar refractivity (Wildman–Crippen MR) is 99.5 cm³/mol. The summed E-state index contributed by atoms with van der Waals surface area (Å²) in [5, 5.41) is 4.07. The van der Waals surface area contributed by atoms with Gasteiger partial charge in [-0.05, 0) is 74.3 Å². The summed E-state index contributed by atoms with van der Waals surface area (Å²) in [6.07, 6.45) is 0. The van der Waals surface area contributed by atoms with E-state index in [1.165, 1.54) is 27.8 Å². The van der Waals surface area contributed by atoms with Gasteiger partial charge in [-0.15, -0.1) is 0 Å². The molecule has 2 rings (SSSR count). The summed E-state index contributed by atoms with van der Waals surface area (Å²) in [7, 11) is 2.03. The second-order valence-corrected chi connectivity index (χ2v) is 6.48. The molecule has 0 saturated heterocycles. The third-order valence-electron chi connectivity index (χ3n) is 3.73. The van der Waals surface area contributed by atoms with Gasteiger partial charge in [-0.2, -0.15) is 0 Å². The Hall–Kier alpha value is -1.87. The molecule has 2 aromatic carbocycles. The Bertz CT molecular complexity index is 672. The first-order valence-electron chi connectivity index (χ1n) is 7.51. The number of thiocarbonyl (C=S) groups is 1. The third-order valence-corrected chi connectivity index (χ3v) is 4.14. The van der Waals surface area contributed by atoms with E-state index in [9.17, 15) is 0 Å². The van der Waals surface area contributed by atoms with Crippen LogP contribution < -0.4 is 5.32 Å². The number of nitrogens with one attached hydrogen (secondary N) is 1. The maximum atomic E-state index is 5.53. The Morgan fingerprint density at radius 1 is 0.955 bits per heavy atom. The Labute approximate surface area is 139 Å². The lowest BCUT2D eigenvalue weighted by Crippen LogP contribution is -2.30. The van der Waals surface area contributed by atoms with E-state index >= 15 is 0 Å². The van der Waals surface area contributed by atoms with Gasteiger partial charge < -0.3 is 10.2 Å². The number of rotatable bonds is 3. The van der Waals surface area contributed by atoms with Crippen molar-refractivity contribution in [2.24, 2.45) is 0 Å². The van der Waals surface area contributed by atoms with Crippen molar-refractivity contribution in [3.05, 3.63) is 64.2 Å². The minimum absolute atomic E-state index is 0.741. The van der Waals surface area contributed by atoms with Gasteiger partial charge in [0.25, 0.3) is 0 Å². The molecule has 0 spiro atoms. The lowest BCUT2D eigenvalue weighted by molar-refractivity contribution is 0.507. The van der Waals surface area contributed by atoms with Crippen molar-refractivity contribution in [2.45, 2.75) is 34.2 Å². The van der Waals surface area contributed by atoms with E-state index in [4.69, 9.17) is 12.2 Å². The number of anilines is 1. The molecule has 22 heavy (non-hydrogen) atoms. The fourth-order valence-corrected chi connectivity index (χ4v) is 2.80. The molecule has 0 amide bonds. The fourth-order valence-electron chi connectivity index (χ4n) is 2.62. The van der Waals surface area contributed by atoms with Crippen molar-refractivity contribution >= 4 is 23.0 Å². The second kappa shape index (κ2) is 6.93. The number of benzene rings is 2. The topological polar surface area (TPSA) is 15.3 Å². The van der Waals surface area contributed by atoms with E-state index in [0.717, 1.165) is 17.3 Å². The molecule has 2 nitrogen and oxygen atoms in total. The molecule has 2 aromatic rings. The zero-order valence-corrected chi connectivity index (χ0v) is 14.8. The molecule has 0 aliphatic rings. The first-order valence-corrected chi connectivity index (χ1v) is 7.92. The van der Waals surface area contributed by atoms with Gasteiger partial charge in [0, 0.05) is 19.3 Å². The Morgan fingerprint density at radius 2 is 1.59 bits per heavy atom. The summed E-state index contributed by atoms with van der Waals surface area (Å²) in [4.78, 5) is 2.07. The molecule has 0 atom stereocenters. The highest BCUT2D eigenvalue weighted by Crippen LogP contribution is 2.16. The van der Waals surface area contributed by atoms with Crippen molar-refractivity contribution in [3.8, 4) is 0 Å². The van der Waals surface area contributed by atoms with Gasteiger partial charge in [-0.1, -0.05) is 29.8 Å². The molecule has 0 aromatic heterocycles. The Morgan fingerprint density at radius 3 is 2.18 bits per heavy atom. The number of hydrogen-bond acceptors (Lipinski definition) is 1. The SMILES string of the molecule is Cc1cc(C)cc(NC(=S)N(C)Cc2ccc(C)cc2C)c1. The number of nitrogens with zero attached hydrogens (tertiary/aromatic N) is 1. The molecule has 0 fully saturated rings. The number of aryl methyl sites for hydroxylation is 4. The lowest BCUT2D eigenvalue weighted by Gasteiger charge is -2.22. The van der Waals surface area contributed by atoms with Crippen LogP contribution >= 0.6 is 12.2 Å². The molecule has 0 heterocycles. The molecule has 0 saturated carbocycles. The molecule has 3 heteroatoms. The van der Waals surface area contributed by atoms with Crippen LogP contribution in [-0.2, 0) is 6.54 Å². The van der Waals surface area contributed by atoms with Gasteiger partial charge in [0.2, 0.25) is 0 Å². The van der Waals surface area contributed by atoms with Crippen LogP contribution in [0, 0.1) is 27.7 Å². The van der Waals surface area contributed by atoms with Crippen LogP contribution in [0.4, 0.5) is 5.69 Å². The summed E-state index contributed by atoms with van der Waals surface area (Å²) >= 11 is 5.53. The van der Waals surface area contributed by atoms with Gasteiger partial charge in [0.15, 0.2) is 5.11 Å². The molecule has 116 valence electrons. The van der Waals surface area contributed by atoms with Crippen LogP contribution in [0.15, 0.2) is 36.4 Å². The van der Waals surface area contributed by atoms with Gasteiger partial charge in [0.1, 0.15) is 0 Å². The van der Waals surface area contributed by atoms with Crippen molar-refractivity contribution in [1.82, 2.24) is 4.90 Å². The summed E-state index contributed by atoms with van der Waals surface area (Å²) < 4.78 is 0. The van der Waals surface area contributed by atoms with Crippen molar-refractivity contribution in [3.63, 3.8) is 0 Å². The van der Waals surface area contributed by atoms with E-state index in [2.05, 4.69) is 74.3 Å². The van der Waals surface area contributed by atoms with E-state index < -0.39 is 0 Å². The number of hydrogen-bond donors (Lipinski definition) is 1. The molecular formula is C19H24N2S. The fraction of sp³-hybridized carbons (Fsp3) is 0.316. The van der Waals surface area contributed by atoms with E-state index in [0.29, 0.717) is 0 Å². The smallest absolute Gasteiger partial charge is 0.173 e. The standard InChI is InChI=1S/C19H24N2S/c1-13-6-7-17(16(4)9-13)12-21(5)19(22)20-18-10-14(2)8-15(3)11-18/h6-11H,12H2,1-5H3,(H,20,22). The zero-order chi connectivity index (χ0) is 16.3. The van der Waals surface area contributed by atoms with Crippen molar-refractivity contribution in [2.75, 3.05) is 12.4 Å². The molecule has 0 bridgehead atoms. The van der Waals surface area contributed by atoms with E-state index in [1.54, 1.807) is 0 Å². The predicted octanol–water partition coefficient (Wildman–Crippen LogP) is 4.75. The highest BCUT2D eigenvalue weighted by atomic mass is 32.1.